The van der Waals surface area contributed by atoms with Crippen molar-refractivity contribution in [3.63, 3.8) is 0 Å². The van der Waals surface area contributed by atoms with Gasteiger partial charge in [-0.15, -0.1) is 0 Å². The molecule has 4 aromatic rings. The first-order chi connectivity index (χ1) is 16.1. The molecule has 34 heavy (non-hydrogen) atoms. The van der Waals surface area contributed by atoms with Gasteiger partial charge in [0.25, 0.3) is 10.0 Å². The Kier molecular flexibility index (Phi) is 4.34. The highest BCUT2D eigenvalue weighted by Crippen LogP contribution is 2.67. The van der Waals surface area contributed by atoms with Crippen LogP contribution in [0.3, 0.4) is 0 Å². The topological polar surface area (TPSA) is 69.8 Å². The van der Waals surface area contributed by atoms with Crippen molar-refractivity contribution in [1.82, 2.24) is 18.7 Å². The van der Waals surface area contributed by atoms with Crippen molar-refractivity contribution in [2.45, 2.75) is 38.5 Å². The Morgan fingerprint density at radius 1 is 1.03 bits per heavy atom. The number of benzene rings is 1. The van der Waals surface area contributed by atoms with E-state index in [4.69, 9.17) is 4.98 Å². The van der Waals surface area contributed by atoms with E-state index in [0.29, 0.717) is 11.6 Å². The number of nitrogens with zero attached hydrogens (tertiary/aromatic N) is 4. The maximum Gasteiger partial charge on any atom is 0.269 e. The van der Waals surface area contributed by atoms with E-state index in [-0.39, 0.29) is 15.7 Å². The van der Waals surface area contributed by atoms with E-state index >= 15 is 0 Å². The number of allylic oxidation sites excluding steroid dienone is 2. The maximum absolute atomic E-state index is 13.6. The standard InChI is InChI=1S/C27H28N4O2S/c1-26(2)20-10-11-27(26,3)24(13-20)18-12-22-23(19-15-29-30(4)16-19)17-31(25(22)28-14-18)34(32,33)21-8-6-5-7-9-21/h5-9,12-17,20H,10-11H2,1-4H3/t20-,27+/m1/s1. The summed E-state index contributed by atoms with van der Waals surface area (Å²) >= 11 is 0. The average Bonchev–Trinajstić information content (AvgIpc) is 3.52. The van der Waals surface area contributed by atoms with Gasteiger partial charge < -0.3 is 0 Å². The molecule has 2 bridgehead atoms. The minimum Gasteiger partial charge on any atom is -0.275 e. The molecule has 1 fully saturated rings. The molecule has 7 heteroatoms. The van der Waals surface area contributed by atoms with Crippen molar-refractivity contribution in [2.75, 3.05) is 0 Å². The van der Waals surface area contributed by atoms with Gasteiger partial charge in [-0.2, -0.15) is 5.10 Å². The summed E-state index contributed by atoms with van der Waals surface area (Å²) in [5, 5.41) is 5.13. The number of hydrogen-bond donors (Lipinski definition) is 0. The minimum absolute atomic E-state index is 0.0835. The Morgan fingerprint density at radius 3 is 2.41 bits per heavy atom. The number of pyridine rings is 1. The van der Waals surface area contributed by atoms with E-state index < -0.39 is 10.0 Å². The van der Waals surface area contributed by atoms with Crippen molar-refractivity contribution in [2.24, 2.45) is 23.8 Å². The molecular formula is C27H28N4O2S. The van der Waals surface area contributed by atoms with Crippen LogP contribution in [0, 0.1) is 16.7 Å². The number of rotatable bonds is 4. The largest absolute Gasteiger partial charge is 0.275 e. The lowest BCUT2D eigenvalue weighted by atomic mass is 9.66. The predicted molar refractivity (Wildman–Crippen MR) is 134 cm³/mol. The number of aryl methyl sites for hydroxylation is 1. The van der Waals surface area contributed by atoms with E-state index in [0.717, 1.165) is 28.5 Å². The number of aromatic nitrogens is 4. The van der Waals surface area contributed by atoms with Crippen molar-refractivity contribution < 1.29 is 8.42 Å². The lowest BCUT2D eigenvalue weighted by molar-refractivity contribution is 0.189. The zero-order valence-electron chi connectivity index (χ0n) is 19.9. The van der Waals surface area contributed by atoms with E-state index in [1.54, 1.807) is 41.3 Å². The molecule has 0 saturated heterocycles. The molecule has 3 aromatic heterocycles. The minimum atomic E-state index is -3.80. The van der Waals surface area contributed by atoms with Gasteiger partial charge in [-0.25, -0.2) is 17.4 Å². The van der Waals surface area contributed by atoms with Crippen LogP contribution in [0.15, 0.2) is 72.2 Å². The van der Waals surface area contributed by atoms with E-state index in [2.05, 4.69) is 38.0 Å². The molecule has 0 aliphatic heterocycles. The molecule has 0 amide bonds. The summed E-state index contributed by atoms with van der Waals surface area (Å²) in [5.74, 6) is 0.559. The van der Waals surface area contributed by atoms with Crippen LogP contribution < -0.4 is 0 Å². The van der Waals surface area contributed by atoms with E-state index in [1.807, 2.05) is 25.5 Å². The van der Waals surface area contributed by atoms with Crippen LogP contribution in [-0.4, -0.2) is 27.2 Å². The molecule has 1 saturated carbocycles. The molecule has 3 heterocycles. The third-order valence-electron chi connectivity index (χ3n) is 8.51. The zero-order valence-corrected chi connectivity index (χ0v) is 20.7. The first kappa shape index (κ1) is 21.4. The van der Waals surface area contributed by atoms with Crippen LogP contribution in [0.25, 0.3) is 27.7 Å². The zero-order chi connectivity index (χ0) is 23.9. The molecule has 6 rings (SSSR count). The number of hydrogen-bond acceptors (Lipinski definition) is 4. The van der Waals surface area contributed by atoms with Gasteiger partial charge in [0, 0.05) is 42.2 Å². The maximum atomic E-state index is 13.6. The second-order valence-corrected chi connectivity index (χ2v) is 12.2. The van der Waals surface area contributed by atoms with E-state index in [1.165, 1.54) is 16.0 Å². The van der Waals surface area contributed by atoms with Crippen molar-refractivity contribution in [3.8, 4) is 11.1 Å². The van der Waals surface area contributed by atoms with Gasteiger partial charge in [-0.3, -0.25) is 4.68 Å². The second-order valence-electron chi connectivity index (χ2n) is 10.4. The molecular weight excluding hydrogens is 444 g/mol. The lowest BCUT2D eigenvalue weighted by Crippen LogP contribution is -2.29. The Bertz CT molecular complexity index is 1580. The van der Waals surface area contributed by atoms with Gasteiger partial charge >= 0.3 is 0 Å². The van der Waals surface area contributed by atoms with Crippen LogP contribution in [-0.2, 0) is 17.1 Å². The Morgan fingerprint density at radius 2 is 1.79 bits per heavy atom. The summed E-state index contributed by atoms with van der Waals surface area (Å²) < 4.78 is 30.2. The third-order valence-corrected chi connectivity index (χ3v) is 10.2. The van der Waals surface area contributed by atoms with Crippen LogP contribution in [0.4, 0.5) is 0 Å². The molecule has 1 aromatic carbocycles. The fourth-order valence-electron chi connectivity index (χ4n) is 6.02. The number of fused-ring (bicyclic) bond motifs is 3. The van der Waals surface area contributed by atoms with Crippen molar-refractivity contribution >= 4 is 26.6 Å². The predicted octanol–water partition coefficient (Wildman–Crippen LogP) is 5.51. The molecule has 2 aliphatic carbocycles. The molecule has 6 nitrogen and oxygen atoms in total. The van der Waals surface area contributed by atoms with Gasteiger partial charge in [0.05, 0.1) is 11.1 Å². The van der Waals surface area contributed by atoms with E-state index in [9.17, 15) is 8.42 Å². The smallest absolute Gasteiger partial charge is 0.269 e. The SMILES string of the molecule is Cn1cc(-c2cn(S(=O)(=O)c3ccccc3)c3ncc(C4=C[C@H]5CC[C@]4(C)C5(C)C)cc23)cn1. The summed E-state index contributed by atoms with van der Waals surface area (Å²) in [7, 11) is -1.95. The van der Waals surface area contributed by atoms with Gasteiger partial charge in [0.15, 0.2) is 5.65 Å². The third kappa shape index (κ3) is 2.76. The van der Waals surface area contributed by atoms with Gasteiger partial charge in [0.2, 0.25) is 0 Å². The summed E-state index contributed by atoms with van der Waals surface area (Å²) in [5.41, 5.74) is 4.79. The highest BCUT2D eigenvalue weighted by Gasteiger charge is 2.57. The molecule has 0 N–H and O–H groups in total. The fourth-order valence-corrected chi connectivity index (χ4v) is 7.36. The molecule has 2 aliphatic rings. The summed E-state index contributed by atoms with van der Waals surface area (Å²) in [4.78, 5) is 4.99. The monoisotopic (exact) mass is 472 g/mol. The normalized spacial score (nSPS) is 23.5. The van der Waals surface area contributed by atoms with Crippen molar-refractivity contribution in [1.29, 1.82) is 0 Å². The van der Waals surface area contributed by atoms with Gasteiger partial charge in [-0.05, 0) is 58.9 Å². The average molecular weight is 473 g/mol. The quantitative estimate of drug-likeness (QED) is 0.392. The Labute approximate surface area is 200 Å². The molecule has 0 spiro atoms. The Balaban J connectivity index is 1.58. The van der Waals surface area contributed by atoms with Crippen LogP contribution >= 0.6 is 0 Å². The summed E-state index contributed by atoms with van der Waals surface area (Å²) in [6.45, 7) is 7.09. The molecule has 0 unspecified atom stereocenters. The summed E-state index contributed by atoms with van der Waals surface area (Å²) in [6.07, 6.45) is 12.0. The first-order valence-electron chi connectivity index (χ1n) is 11.7. The van der Waals surface area contributed by atoms with Crippen LogP contribution in [0.5, 0.6) is 0 Å². The first-order valence-corrected chi connectivity index (χ1v) is 13.1. The molecule has 2 atom stereocenters. The van der Waals surface area contributed by atoms with Gasteiger partial charge in [-0.1, -0.05) is 45.0 Å². The van der Waals surface area contributed by atoms with Crippen LogP contribution in [0.1, 0.15) is 39.2 Å². The highest BCUT2D eigenvalue weighted by atomic mass is 32.2. The molecule has 174 valence electrons. The van der Waals surface area contributed by atoms with Gasteiger partial charge in [0.1, 0.15) is 0 Å². The summed E-state index contributed by atoms with van der Waals surface area (Å²) in [6, 6.07) is 10.6. The van der Waals surface area contributed by atoms with Crippen molar-refractivity contribution in [3.05, 3.63) is 72.8 Å². The Hall–Kier alpha value is -3.19. The lowest BCUT2D eigenvalue weighted by Gasteiger charge is -2.37. The van der Waals surface area contributed by atoms with Crippen LogP contribution in [0.2, 0.25) is 0 Å². The fraction of sp³-hybridized carbons (Fsp3) is 0.333. The highest BCUT2D eigenvalue weighted by molar-refractivity contribution is 7.90. The second kappa shape index (κ2) is 6.92. The molecule has 0 radical (unpaired) electrons.